The van der Waals surface area contributed by atoms with Crippen LogP contribution in [-0.2, 0) is 40.2 Å². The van der Waals surface area contributed by atoms with Crippen molar-refractivity contribution in [3.8, 4) is 0 Å². The predicted molar refractivity (Wildman–Crippen MR) is 140 cm³/mol. The fraction of sp³-hybridized carbons (Fsp3) is 0.538. The summed E-state index contributed by atoms with van der Waals surface area (Å²) in [5, 5.41) is 0.239. The quantitative estimate of drug-likeness (QED) is 0.438. The van der Waals surface area contributed by atoms with Crippen LogP contribution in [0.15, 0.2) is 35.5 Å². The molecule has 3 heterocycles. The van der Waals surface area contributed by atoms with Crippen LogP contribution in [0, 0.1) is 0 Å². The Balaban J connectivity index is 1.49. The monoisotopic (exact) mass is 529 g/mol. The molecule has 200 valence electrons. The third-order valence-electron chi connectivity index (χ3n) is 6.20. The van der Waals surface area contributed by atoms with Crippen molar-refractivity contribution in [3.05, 3.63) is 47.2 Å². The molecule has 2 aliphatic heterocycles. The van der Waals surface area contributed by atoms with Crippen LogP contribution in [0.3, 0.4) is 0 Å². The van der Waals surface area contributed by atoms with Crippen molar-refractivity contribution >= 4 is 29.2 Å². The lowest BCUT2D eigenvalue weighted by Gasteiger charge is -2.37. The van der Waals surface area contributed by atoms with E-state index in [0.29, 0.717) is 44.8 Å². The minimum atomic E-state index is -1.39. The molecule has 37 heavy (non-hydrogen) atoms. The van der Waals surface area contributed by atoms with E-state index in [1.807, 2.05) is 51.1 Å². The Bertz CT molecular complexity index is 1100. The van der Waals surface area contributed by atoms with Crippen molar-refractivity contribution in [1.29, 1.82) is 0 Å². The van der Waals surface area contributed by atoms with Crippen molar-refractivity contribution in [2.75, 3.05) is 43.9 Å². The summed E-state index contributed by atoms with van der Waals surface area (Å²) in [6, 6.07) is 9.56. The molecule has 2 aliphatic rings. The Kier molecular flexibility index (Phi) is 8.43. The molecule has 1 aromatic carbocycles. The van der Waals surface area contributed by atoms with Crippen molar-refractivity contribution in [2.45, 2.75) is 57.5 Å². The zero-order valence-electron chi connectivity index (χ0n) is 21.9. The Morgan fingerprint density at radius 2 is 1.70 bits per heavy atom. The van der Waals surface area contributed by atoms with E-state index < -0.39 is 22.9 Å². The molecule has 1 aromatic heterocycles. The van der Waals surface area contributed by atoms with Gasteiger partial charge in [0, 0.05) is 49.5 Å². The van der Waals surface area contributed by atoms with Crippen LogP contribution >= 0.6 is 0 Å². The number of ether oxygens (including phenoxy) is 2. The zero-order valence-corrected chi connectivity index (χ0v) is 22.8. The van der Waals surface area contributed by atoms with Gasteiger partial charge in [-0.2, -0.15) is 9.97 Å². The normalized spacial score (nSPS) is 17.1. The van der Waals surface area contributed by atoms with Gasteiger partial charge in [-0.05, 0) is 39.2 Å². The highest BCUT2D eigenvalue weighted by Gasteiger charge is 2.31. The third-order valence-corrected chi connectivity index (χ3v) is 6.89. The summed E-state index contributed by atoms with van der Waals surface area (Å²) in [4.78, 5) is 40.1. The average molecular weight is 530 g/mol. The fourth-order valence-corrected chi connectivity index (χ4v) is 4.83. The maximum atomic E-state index is 12.9. The molecular weight excluding hydrogens is 494 g/mol. The van der Waals surface area contributed by atoms with Crippen LogP contribution in [0.5, 0.6) is 0 Å². The van der Waals surface area contributed by atoms with Crippen molar-refractivity contribution < 1.29 is 23.6 Å². The van der Waals surface area contributed by atoms with Gasteiger partial charge in [-0.15, -0.1) is 0 Å². The summed E-state index contributed by atoms with van der Waals surface area (Å²) in [5.74, 6) is 0.735. The van der Waals surface area contributed by atoms with Gasteiger partial charge in [-0.3, -0.25) is 0 Å². The minimum absolute atomic E-state index is 0.199. The maximum Gasteiger partial charge on any atom is 0.410 e. The van der Waals surface area contributed by atoms with Crippen molar-refractivity contribution in [3.63, 3.8) is 0 Å². The average Bonchev–Trinajstić information content (AvgIpc) is 3.09. The third kappa shape index (κ3) is 7.04. The Morgan fingerprint density at radius 1 is 1.00 bits per heavy atom. The first-order chi connectivity index (χ1) is 17.6. The first-order valence-corrected chi connectivity index (χ1v) is 14.1. The first kappa shape index (κ1) is 27.0. The summed E-state index contributed by atoms with van der Waals surface area (Å²) in [7, 11) is 0. The number of aromatic nitrogens is 2. The second-order valence-electron chi connectivity index (χ2n) is 10.2. The highest BCUT2D eigenvalue weighted by Crippen LogP contribution is 2.29. The molecule has 4 rings (SSSR count). The number of hydrogen-bond acceptors (Lipinski definition) is 8. The van der Waals surface area contributed by atoms with Gasteiger partial charge in [-0.1, -0.05) is 30.3 Å². The maximum absolute atomic E-state index is 12.9. The lowest BCUT2D eigenvalue weighted by Crippen LogP contribution is -2.50. The van der Waals surface area contributed by atoms with E-state index in [0.717, 1.165) is 23.4 Å². The van der Waals surface area contributed by atoms with Gasteiger partial charge in [-0.25, -0.2) is 9.59 Å². The van der Waals surface area contributed by atoms with Gasteiger partial charge in [0.05, 0.1) is 12.2 Å². The van der Waals surface area contributed by atoms with E-state index in [4.69, 9.17) is 9.47 Å². The molecular formula is C26H35N5O5S. The fourth-order valence-electron chi connectivity index (χ4n) is 4.37. The molecule has 0 aliphatic carbocycles. The lowest BCUT2D eigenvalue weighted by molar-refractivity contribution is 0.0240. The van der Waals surface area contributed by atoms with Crippen molar-refractivity contribution in [2.24, 2.45) is 0 Å². The van der Waals surface area contributed by atoms with Gasteiger partial charge in [0.1, 0.15) is 24.3 Å². The molecule has 0 radical (unpaired) electrons. The summed E-state index contributed by atoms with van der Waals surface area (Å²) in [6.07, 6.45) is 2.25. The van der Waals surface area contributed by atoms with Crippen LogP contribution in [0.2, 0.25) is 0 Å². The van der Waals surface area contributed by atoms with Gasteiger partial charge in [0.25, 0.3) is 0 Å². The number of carbonyl (C=O) groups is 2. The first-order valence-electron chi connectivity index (χ1n) is 12.5. The topological polar surface area (TPSA) is 111 Å². The predicted octanol–water partition coefficient (Wildman–Crippen LogP) is 3.36. The molecule has 1 saturated heterocycles. The van der Waals surface area contributed by atoms with E-state index in [1.165, 1.54) is 0 Å². The van der Waals surface area contributed by atoms with E-state index in [2.05, 4.69) is 14.9 Å². The molecule has 0 spiro atoms. The number of fused-ring (bicyclic) bond motifs is 1. The molecule has 11 heteroatoms. The van der Waals surface area contributed by atoms with Gasteiger partial charge < -0.3 is 28.7 Å². The van der Waals surface area contributed by atoms with E-state index in [9.17, 15) is 14.1 Å². The molecule has 0 bridgehead atoms. The SMILES string of the molecule is C[S+]([O-])c1nc2c(c(N3CCN(C(=O)OC(C)(C)C)CC3)n1)CCCN(C(=O)OCc1ccccc1)C2. The number of rotatable bonds is 4. The van der Waals surface area contributed by atoms with E-state index >= 15 is 0 Å². The molecule has 2 amide bonds. The van der Waals surface area contributed by atoms with Gasteiger partial charge in [0.15, 0.2) is 0 Å². The van der Waals surface area contributed by atoms with Gasteiger partial charge >= 0.3 is 17.3 Å². The molecule has 0 N–H and O–H groups in total. The summed E-state index contributed by atoms with van der Waals surface area (Å²) in [5.41, 5.74) is 2.02. The highest BCUT2D eigenvalue weighted by molar-refractivity contribution is 7.90. The van der Waals surface area contributed by atoms with Crippen molar-refractivity contribution in [1.82, 2.24) is 19.8 Å². The largest absolute Gasteiger partial charge is 0.609 e. The highest BCUT2D eigenvalue weighted by atomic mass is 32.2. The van der Waals surface area contributed by atoms with Crippen LogP contribution in [0.4, 0.5) is 15.4 Å². The molecule has 2 aromatic rings. The van der Waals surface area contributed by atoms with Crippen LogP contribution in [0.1, 0.15) is 44.0 Å². The van der Waals surface area contributed by atoms with Gasteiger partial charge in [0.2, 0.25) is 0 Å². The summed E-state index contributed by atoms with van der Waals surface area (Å²) in [6.45, 7) is 8.68. The van der Waals surface area contributed by atoms with E-state index in [1.54, 1.807) is 16.1 Å². The number of nitrogens with zero attached hydrogens (tertiary/aromatic N) is 5. The van der Waals surface area contributed by atoms with Crippen LogP contribution in [0.25, 0.3) is 0 Å². The van der Waals surface area contributed by atoms with Crippen LogP contribution < -0.4 is 4.90 Å². The number of hydrogen-bond donors (Lipinski definition) is 0. The number of carbonyl (C=O) groups excluding carboxylic acids is 2. The smallest absolute Gasteiger partial charge is 0.410 e. The number of piperazine rings is 1. The molecule has 1 fully saturated rings. The summed E-state index contributed by atoms with van der Waals surface area (Å²) >= 11 is -1.39. The summed E-state index contributed by atoms with van der Waals surface area (Å²) < 4.78 is 23.5. The lowest BCUT2D eigenvalue weighted by atomic mass is 10.1. The Labute approximate surface area is 221 Å². The van der Waals surface area contributed by atoms with Crippen LogP contribution in [-0.4, -0.2) is 81.1 Å². The standard InChI is InChI=1S/C26H35N5O5S/c1-26(2,3)36-25(33)30-15-13-29(14-16-30)22-20-11-8-12-31(17-21(20)27-23(28-22)37(4)34)24(32)35-18-19-9-6-5-7-10-19/h5-7,9-10H,8,11-18H2,1-4H3. The Morgan fingerprint density at radius 3 is 2.35 bits per heavy atom. The Hall–Kier alpha value is -3.05. The molecule has 1 unspecified atom stereocenters. The second kappa shape index (κ2) is 11.6. The number of anilines is 1. The minimum Gasteiger partial charge on any atom is -0.609 e. The second-order valence-corrected chi connectivity index (χ2v) is 11.5. The molecule has 10 nitrogen and oxygen atoms in total. The van der Waals surface area contributed by atoms with E-state index in [-0.39, 0.29) is 24.4 Å². The zero-order chi connectivity index (χ0) is 26.6. The molecule has 1 atom stereocenters. The molecule has 0 saturated carbocycles. The number of amides is 2. The number of benzene rings is 1.